The minimum absolute atomic E-state index is 0.0251. The van der Waals surface area contributed by atoms with Gasteiger partial charge >= 0.3 is 0 Å². The van der Waals surface area contributed by atoms with E-state index < -0.39 is 6.04 Å². The predicted octanol–water partition coefficient (Wildman–Crippen LogP) is 5.09. The first-order valence-corrected chi connectivity index (χ1v) is 12.7. The van der Waals surface area contributed by atoms with Crippen LogP contribution in [0.25, 0.3) is 11.3 Å². The first kappa shape index (κ1) is 24.9. The Balaban J connectivity index is 1.65. The largest absolute Gasteiger partial charge is 0.507 e. The molecule has 1 aromatic heterocycles. The summed E-state index contributed by atoms with van der Waals surface area (Å²) in [6.45, 7) is 11.5. The van der Waals surface area contributed by atoms with Gasteiger partial charge in [0.25, 0.3) is 5.91 Å². The van der Waals surface area contributed by atoms with Crippen molar-refractivity contribution in [1.29, 1.82) is 0 Å². The number of carbonyl (C=O) groups is 1. The lowest BCUT2D eigenvalue weighted by Crippen LogP contribution is -2.36. The van der Waals surface area contributed by atoms with Gasteiger partial charge in [-0.2, -0.15) is 5.10 Å². The summed E-state index contributed by atoms with van der Waals surface area (Å²) < 4.78 is 17.6. The zero-order valence-electron chi connectivity index (χ0n) is 21.5. The van der Waals surface area contributed by atoms with Gasteiger partial charge in [-0.25, -0.2) is 0 Å². The molecule has 0 bridgehead atoms. The van der Waals surface area contributed by atoms with E-state index in [1.807, 2.05) is 49.9 Å². The molecule has 0 saturated carbocycles. The Morgan fingerprint density at radius 2 is 2.08 bits per heavy atom. The highest BCUT2D eigenvalue weighted by molar-refractivity contribution is 6.00. The number of hydrogen-bond acceptors (Lipinski definition) is 6. The maximum atomic E-state index is 13.7. The van der Waals surface area contributed by atoms with Gasteiger partial charge in [0, 0.05) is 24.3 Å². The summed E-state index contributed by atoms with van der Waals surface area (Å²) in [4.78, 5) is 15.6. The van der Waals surface area contributed by atoms with Gasteiger partial charge in [0.05, 0.1) is 18.8 Å². The van der Waals surface area contributed by atoms with E-state index in [1.165, 1.54) is 0 Å². The second kappa shape index (κ2) is 10.3. The molecule has 2 N–H and O–H groups in total. The van der Waals surface area contributed by atoms with Crippen molar-refractivity contribution in [1.82, 2.24) is 15.1 Å². The van der Waals surface area contributed by atoms with E-state index in [1.54, 1.807) is 12.1 Å². The van der Waals surface area contributed by atoms with Crippen LogP contribution in [0.2, 0.25) is 0 Å². The first-order valence-electron chi connectivity index (χ1n) is 12.7. The molecule has 2 unspecified atom stereocenters. The molecule has 5 rings (SSSR count). The van der Waals surface area contributed by atoms with Crippen molar-refractivity contribution in [2.45, 2.75) is 45.8 Å². The van der Waals surface area contributed by atoms with Crippen LogP contribution in [0.4, 0.5) is 0 Å². The summed E-state index contributed by atoms with van der Waals surface area (Å²) in [6, 6.07) is 9.03. The molecule has 2 aromatic carbocycles. The number of phenolic OH excluding ortho intramolecular Hbond substituents is 1. The van der Waals surface area contributed by atoms with Crippen molar-refractivity contribution in [3.05, 3.63) is 70.9 Å². The van der Waals surface area contributed by atoms with Crippen molar-refractivity contribution in [2.24, 2.45) is 0 Å². The summed E-state index contributed by atoms with van der Waals surface area (Å²) in [5.74, 6) is 1.21. The van der Waals surface area contributed by atoms with Crippen molar-refractivity contribution in [3.63, 3.8) is 0 Å². The number of carbonyl (C=O) groups excluding carboxylic acids is 1. The normalized spacial score (nSPS) is 18.8. The smallest absolute Gasteiger partial charge is 0.273 e. The average molecular weight is 504 g/mol. The molecule has 3 heterocycles. The van der Waals surface area contributed by atoms with Crippen LogP contribution in [0, 0.1) is 13.8 Å². The number of fused-ring (bicyclic) bond motifs is 1. The number of rotatable bonds is 9. The van der Waals surface area contributed by atoms with Crippen LogP contribution in [0.3, 0.4) is 0 Å². The Hall–Kier alpha value is -3.78. The molecule has 0 radical (unpaired) electrons. The maximum Gasteiger partial charge on any atom is 0.273 e. The van der Waals surface area contributed by atoms with Gasteiger partial charge in [0.2, 0.25) is 0 Å². The van der Waals surface area contributed by atoms with Gasteiger partial charge in [-0.1, -0.05) is 24.8 Å². The lowest BCUT2D eigenvalue weighted by molar-refractivity contribution is 0.0495. The molecule has 0 aliphatic carbocycles. The Morgan fingerprint density at radius 1 is 1.24 bits per heavy atom. The average Bonchev–Trinajstić information content (AvgIpc) is 3.58. The molecule has 0 spiro atoms. The van der Waals surface area contributed by atoms with Gasteiger partial charge in [0.1, 0.15) is 23.7 Å². The van der Waals surface area contributed by atoms with Crippen molar-refractivity contribution in [3.8, 4) is 28.5 Å². The fourth-order valence-corrected chi connectivity index (χ4v) is 5.41. The Bertz CT molecular complexity index is 1300. The number of nitrogens with zero attached hydrogens (tertiary/aromatic N) is 2. The molecule has 194 valence electrons. The number of hydrogen-bond donors (Lipinski definition) is 2. The molecule has 2 aliphatic heterocycles. The quantitative estimate of drug-likeness (QED) is 0.395. The lowest BCUT2D eigenvalue weighted by atomic mass is 9.93. The number of benzene rings is 2. The molecule has 2 atom stereocenters. The second-order valence-electron chi connectivity index (χ2n) is 9.57. The van der Waals surface area contributed by atoms with Crippen LogP contribution < -0.4 is 9.47 Å². The first-order chi connectivity index (χ1) is 17.9. The lowest BCUT2D eigenvalue weighted by Gasteiger charge is -2.29. The summed E-state index contributed by atoms with van der Waals surface area (Å²) in [5, 5.41) is 18.4. The van der Waals surface area contributed by atoms with E-state index in [9.17, 15) is 9.90 Å². The number of phenols is 1. The van der Waals surface area contributed by atoms with Crippen LogP contribution in [-0.2, 0) is 4.74 Å². The minimum atomic E-state index is -0.437. The number of aromatic hydroxyl groups is 1. The van der Waals surface area contributed by atoms with Crippen molar-refractivity contribution in [2.75, 3.05) is 26.4 Å². The number of ether oxygens (including phenoxy) is 3. The van der Waals surface area contributed by atoms with Crippen LogP contribution >= 0.6 is 0 Å². The van der Waals surface area contributed by atoms with E-state index in [0.29, 0.717) is 54.8 Å². The topological polar surface area (TPSA) is 96.9 Å². The molecule has 2 aliphatic rings. The number of H-pyrrole nitrogens is 1. The SMILES string of the molecule is C=CCOc1ccc(C2c3c(-c4c(C)cc(C)cc4O)n[nH]c3C(=O)N2CC2CCCO2)cc1OCC. The van der Waals surface area contributed by atoms with E-state index in [4.69, 9.17) is 14.2 Å². The Labute approximate surface area is 216 Å². The Kier molecular flexibility index (Phi) is 6.93. The van der Waals surface area contributed by atoms with E-state index in [2.05, 4.69) is 16.8 Å². The summed E-state index contributed by atoms with van der Waals surface area (Å²) in [6.07, 6.45) is 3.55. The summed E-state index contributed by atoms with van der Waals surface area (Å²) in [5.41, 5.74) is 5.08. The maximum absolute atomic E-state index is 13.7. The molecule has 1 saturated heterocycles. The summed E-state index contributed by atoms with van der Waals surface area (Å²) >= 11 is 0. The number of amides is 1. The zero-order valence-corrected chi connectivity index (χ0v) is 21.5. The number of aromatic amines is 1. The standard InChI is InChI=1S/C29H33N3O5/c1-5-11-37-22-10-9-19(15-23(22)35-6-2)28-25-26(24-18(4)13-17(3)14-21(24)33)30-31-27(25)29(34)32(28)16-20-8-7-12-36-20/h5,9-10,13-15,20,28,33H,1,6-8,11-12,16H2,2-4H3,(H,30,31). The third-order valence-corrected chi connectivity index (χ3v) is 6.92. The fourth-order valence-electron chi connectivity index (χ4n) is 5.41. The highest BCUT2D eigenvalue weighted by atomic mass is 16.5. The second-order valence-corrected chi connectivity index (χ2v) is 9.57. The zero-order chi connectivity index (χ0) is 26.1. The van der Waals surface area contributed by atoms with E-state index in [0.717, 1.165) is 35.1 Å². The highest BCUT2D eigenvalue weighted by Crippen LogP contribution is 2.47. The van der Waals surface area contributed by atoms with E-state index >= 15 is 0 Å². The predicted molar refractivity (Wildman–Crippen MR) is 140 cm³/mol. The van der Waals surface area contributed by atoms with Gasteiger partial charge < -0.3 is 24.2 Å². The third kappa shape index (κ3) is 4.57. The van der Waals surface area contributed by atoms with Gasteiger partial charge in [-0.05, 0) is 68.5 Å². The number of aromatic nitrogens is 2. The highest BCUT2D eigenvalue weighted by Gasteiger charge is 2.44. The molecule has 37 heavy (non-hydrogen) atoms. The van der Waals surface area contributed by atoms with Gasteiger partial charge in [-0.3, -0.25) is 9.89 Å². The minimum Gasteiger partial charge on any atom is -0.507 e. The van der Waals surface area contributed by atoms with Crippen LogP contribution in [0.1, 0.15) is 58.5 Å². The van der Waals surface area contributed by atoms with Gasteiger partial charge in [-0.15, -0.1) is 0 Å². The van der Waals surface area contributed by atoms with Crippen LogP contribution in [0.5, 0.6) is 17.2 Å². The molecule has 1 fully saturated rings. The fraction of sp³-hybridized carbons (Fsp3) is 0.379. The molecular weight excluding hydrogens is 470 g/mol. The number of nitrogens with one attached hydrogen (secondary N) is 1. The van der Waals surface area contributed by atoms with Crippen LogP contribution in [-0.4, -0.2) is 58.6 Å². The monoisotopic (exact) mass is 503 g/mol. The summed E-state index contributed by atoms with van der Waals surface area (Å²) in [7, 11) is 0. The number of aryl methyl sites for hydroxylation is 2. The van der Waals surface area contributed by atoms with Gasteiger partial charge in [0.15, 0.2) is 11.5 Å². The van der Waals surface area contributed by atoms with Crippen molar-refractivity contribution < 1.29 is 24.1 Å². The van der Waals surface area contributed by atoms with E-state index in [-0.39, 0.29) is 17.8 Å². The molecular formula is C29H33N3O5. The third-order valence-electron chi connectivity index (χ3n) is 6.92. The molecule has 1 amide bonds. The molecule has 8 nitrogen and oxygen atoms in total. The molecule has 8 heteroatoms. The van der Waals surface area contributed by atoms with Crippen LogP contribution in [0.15, 0.2) is 43.0 Å². The van der Waals surface area contributed by atoms with Crippen molar-refractivity contribution >= 4 is 5.91 Å². The molecule has 3 aromatic rings. The Morgan fingerprint density at radius 3 is 2.78 bits per heavy atom.